The highest BCUT2D eigenvalue weighted by molar-refractivity contribution is 5.82. The molecule has 0 unspecified atom stereocenters. The summed E-state index contributed by atoms with van der Waals surface area (Å²) in [6.45, 7) is 6.02. The lowest BCUT2D eigenvalue weighted by Gasteiger charge is -2.40. The standard InChI is InChI=1S/C16H31N3O2/c1-12(21-3)15(17)16(20)19-10-6-14(7-11-19)13-4-8-18(2)9-5-13/h12-15H,4-11,17H2,1-3H3/t12-,15+/m0/s1. The van der Waals surface area contributed by atoms with E-state index in [0.717, 1.165) is 37.8 Å². The molecular weight excluding hydrogens is 266 g/mol. The number of ether oxygens (including phenoxy) is 1. The SMILES string of the molecule is CO[C@@H](C)[C@@H](N)C(=O)N1CCC(C2CCN(C)CC2)CC1. The molecule has 1 amide bonds. The first-order valence-corrected chi connectivity index (χ1v) is 8.28. The fraction of sp³-hybridized carbons (Fsp3) is 0.938. The molecule has 21 heavy (non-hydrogen) atoms. The van der Waals surface area contributed by atoms with Gasteiger partial charge in [-0.2, -0.15) is 0 Å². The molecule has 2 heterocycles. The topological polar surface area (TPSA) is 58.8 Å². The van der Waals surface area contributed by atoms with Gasteiger partial charge >= 0.3 is 0 Å². The number of hydrogen-bond acceptors (Lipinski definition) is 4. The lowest BCUT2D eigenvalue weighted by molar-refractivity contribution is -0.137. The highest BCUT2D eigenvalue weighted by Crippen LogP contribution is 2.32. The fourth-order valence-corrected chi connectivity index (χ4v) is 3.65. The van der Waals surface area contributed by atoms with E-state index in [1.807, 2.05) is 11.8 Å². The van der Waals surface area contributed by atoms with E-state index in [1.54, 1.807) is 7.11 Å². The van der Waals surface area contributed by atoms with Crippen molar-refractivity contribution in [3.63, 3.8) is 0 Å². The van der Waals surface area contributed by atoms with Crippen molar-refractivity contribution in [1.29, 1.82) is 0 Å². The van der Waals surface area contributed by atoms with Crippen LogP contribution in [0.15, 0.2) is 0 Å². The van der Waals surface area contributed by atoms with Gasteiger partial charge in [0.15, 0.2) is 0 Å². The lowest BCUT2D eigenvalue weighted by atomic mass is 9.79. The minimum Gasteiger partial charge on any atom is -0.380 e. The van der Waals surface area contributed by atoms with Crippen LogP contribution in [0.25, 0.3) is 0 Å². The van der Waals surface area contributed by atoms with Gasteiger partial charge in [0.2, 0.25) is 5.91 Å². The Morgan fingerprint density at radius 2 is 1.57 bits per heavy atom. The van der Waals surface area contributed by atoms with Gasteiger partial charge in [0.1, 0.15) is 6.04 Å². The van der Waals surface area contributed by atoms with Crippen molar-refractivity contribution in [3.8, 4) is 0 Å². The van der Waals surface area contributed by atoms with Crippen LogP contribution < -0.4 is 5.73 Å². The monoisotopic (exact) mass is 297 g/mol. The zero-order valence-electron chi connectivity index (χ0n) is 13.8. The summed E-state index contributed by atoms with van der Waals surface area (Å²) in [5, 5.41) is 0. The van der Waals surface area contributed by atoms with Crippen molar-refractivity contribution in [2.45, 2.75) is 44.8 Å². The quantitative estimate of drug-likeness (QED) is 0.838. The third-order valence-corrected chi connectivity index (χ3v) is 5.44. The van der Waals surface area contributed by atoms with Gasteiger partial charge in [0, 0.05) is 20.2 Å². The molecule has 122 valence electrons. The number of nitrogens with two attached hydrogens (primary N) is 1. The van der Waals surface area contributed by atoms with Crippen LogP contribution in [0.3, 0.4) is 0 Å². The van der Waals surface area contributed by atoms with Gasteiger partial charge in [0.25, 0.3) is 0 Å². The summed E-state index contributed by atoms with van der Waals surface area (Å²) in [7, 11) is 3.81. The Morgan fingerprint density at radius 1 is 1.10 bits per heavy atom. The molecule has 0 aromatic rings. The van der Waals surface area contributed by atoms with Crippen molar-refractivity contribution in [2.24, 2.45) is 17.6 Å². The van der Waals surface area contributed by atoms with E-state index >= 15 is 0 Å². The summed E-state index contributed by atoms with van der Waals surface area (Å²) in [6.07, 6.45) is 4.68. The molecule has 2 fully saturated rings. The van der Waals surface area contributed by atoms with Crippen LogP contribution in [0.2, 0.25) is 0 Å². The van der Waals surface area contributed by atoms with Gasteiger partial charge < -0.3 is 20.3 Å². The van der Waals surface area contributed by atoms with Crippen molar-refractivity contribution >= 4 is 5.91 Å². The van der Waals surface area contributed by atoms with E-state index in [4.69, 9.17) is 10.5 Å². The van der Waals surface area contributed by atoms with Crippen LogP contribution in [-0.2, 0) is 9.53 Å². The predicted molar refractivity (Wildman–Crippen MR) is 84.0 cm³/mol. The van der Waals surface area contributed by atoms with E-state index in [9.17, 15) is 4.79 Å². The minimum absolute atomic E-state index is 0.0474. The normalized spacial score (nSPS) is 25.8. The molecule has 0 radical (unpaired) electrons. The van der Waals surface area contributed by atoms with Gasteiger partial charge in [-0.1, -0.05) is 0 Å². The summed E-state index contributed by atoms with van der Waals surface area (Å²) in [6, 6.07) is -0.533. The molecule has 0 aromatic heterocycles. The number of rotatable bonds is 4. The van der Waals surface area contributed by atoms with Crippen LogP contribution >= 0.6 is 0 Å². The Labute approximate surface area is 128 Å². The summed E-state index contributed by atoms with van der Waals surface area (Å²) in [5.41, 5.74) is 5.97. The molecular formula is C16H31N3O2. The lowest BCUT2D eigenvalue weighted by Crippen LogP contribution is -2.52. The number of nitrogens with zero attached hydrogens (tertiary/aromatic N) is 2. The first kappa shape index (κ1) is 16.7. The number of carbonyl (C=O) groups excluding carboxylic acids is 1. The van der Waals surface area contributed by atoms with Crippen molar-refractivity contribution in [2.75, 3.05) is 40.3 Å². The highest BCUT2D eigenvalue weighted by Gasteiger charge is 2.32. The van der Waals surface area contributed by atoms with E-state index in [1.165, 1.54) is 25.9 Å². The Morgan fingerprint density at radius 3 is 2.05 bits per heavy atom. The van der Waals surface area contributed by atoms with Gasteiger partial charge in [-0.25, -0.2) is 0 Å². The van der Waals surface area contributed by atoms with E-state index < -0.39 is 6.04 Å². The van der Waals surface area contributed by atoms with Crippen LogP contribution in [0, 0.1) is 11.8 Å². The minimum atomic E-state index is -0.533. The van der Waals surface area contributed by atoms with Crippen molar-refractivity contribution in [1.82, 2.24) is 9.80 Å². The van der Waals surface area contributed by atoms with Crippen LogP contribution in [0.5, 0.6) is 0 Å². The zero-order valence-corrected chi connectivity index (χ0v) is 13.8. The number of carbonyl (C=O) groups is 1. The molecule has 5 heteroatoms. The number of likely N-dealkylation sites (tertiary alicyclic amines) is 2. The summed E-state index contributed by atoms with van der Waals surface area (Å²) in [4.78, 5) is 16.7. The third-order valence-electron chi connectivity index (χ3n) is 5.44. The Hall–Kier alpha value is -0.650. The first-order valence-electron chi connectivity index (χ1n) is 8.28. The van der Waals surface area contributed by atoms with Crippen LogP contribution in [-0.4, -0.2) is 68.2 Å². The van der Waals surface area contributed by atoms with Gasteiger partial charge in [-0.3, -0.25) is 4.79 Å². The summed E-state index contributed by atoms with van der Waals surface area (Å²) >= 11 is 0. The smallest absolute Gasteiger partial charge is 0.242 e. The average Bonchev–Trinajstić information content (AvgIpc) is 2.53. The third kappa shape index (κ3) is 4.18. The van der Waals surface area contributed by atoms with E-state index in [-0.39, 0.29) is 12.0 Å². The molecule has 0 spiro atoms. The van der Waals surface area contributed by atoms with E-state index in [0.29, 0.717) is 0 Å². The van der Waals surface area contributed by atoms with Crippen molar-refractivity contribution < 1.29 is 9.53 Å². The Kier molecular flexibility index (Phi) is 6.02. The van der Waals surface area contributed by atoms with Crippen LogP contribution in [0.4, 0.5) is 0 Å². The maximum atomic E-state index is 12.3. The molecule has 5 nitrogen and oxygen atoms in total. The summed E-state index contributed by atoms with van der Waals surface area (Å²) in [5.74, 6) is 1.69. The zero-order chi connectivity index (χ0) is 15.4. The molecule has 0 aliphatic carbocycles. The van der Waals surface area contributed by atoms with Crippen LogP contribution in [0.1, 0.15) is 32.6 Å². The highest BCUT2D eigenvalue weighted by atomic mass is 16.5. The van der Waals surface area contributed by atoms with Gasteiger partial charge in [-0.15, -0.1) is 0 Å². The molecule has 2 saturated heterocycles. The Bertz CT molecular complexity index is 334. The van der Waals surface area contributed by atoms with Gasteiger partial charge in [0.05, 0.1) is 6.10 Å². The molecule has 0 aromatic carbocycles. The predicted octanol–water partition coefficient (Wildman–Crippen LogP) is 0.929. The van der Waals surface area contributed by atoms with Crippen molar-refractivity contribution in [3.05, 3.63) is 0 Å². The second-order valence-corrected chi connectivity index (χ2v) is 6.77. The number of hydrogen-bond donors (Lipinski definition) is 1. The molecule has 0 bridgehead atoms. The molecule has 2 N–H and O–H groups in total. The second kappa shape index (κ2) is 7.56. The summed E-state index contributed by atoms with van der Waals surface area (Å²) < 4.78 is 5.17. The number of methoxy groups -OCH3 is 1. The maximum Gasteiger partial charge on any atom is 0.242 e. The average molecular weight is 297 g/mol. The largest absolute Gasteiger partial charge is 0.380 e. The maximum absolute atomic E-state index is 12.3. The van der Waals surface area contributed by atoms with E-state index in [2.05, 4.69) is 11.9 Å². The second-order valence-electron chi connectivity index (χ2n) is 6.77. The van der Waals surface area contributed by atoms with Gasteiger partial charge in [-0.05, 0) is 64.6 Å². The first-order chi connectivity index (χ1) is 10.0. The molecule has 2 rings (SSSR count). The molecule has 2 aliphatic heterocycles. The molecule has 2 aliphatic rings. The number of piperidine rings is 2. The molecule has 0 saturated carbocycles. The molecule has 2 atom stereocenters. The Balaban J connectivity index is 1.79. The fourth-order valence-electron chi connectivity index (χ4n) is 3.65. The number of amides is 1.